The zero-order chi connectivity index (χ0) is 19.0. The molecule has 1 unspecified atom stereocenters. The van der Waals surface area contributed by atoms with Crippen molar-refractivity contribution in [1.29, 1.82) is 0 Å². The van der Waals surface area contributed by atoms with Gasteiger partial charge in [-0.3, -0.25) is 9.47 Å². The fourth-order valence-electron chi connectivity index (χ4n) is 3.80. The molecule has 2 heterocycles. The number of methoxy groups -OCH3 is 2. The Labute approximate surface area is 161 Å². The highest BCUT2D eigenvalue weighted by Gasteiger charge is 2.29. The molecule has 27 heavy (non-hydrogen) atoms. The first-order valence-corrected chi connectivity index (χ1v) is 9.23. The quantitative estimate of drug-likeness (QED) is 0.659. The van der Waals surface area contributed by atoms with E-state index in [0.29, 0.717) is 17.3 Å². The van der Waals surface area contributed by atoms with Crippen LogP contribution in [0.5, 0.6) is 11.5 Å². The molecule has 1 atom stereocenters. The Morgan fingerprint density at radius 3 is 2.81 bits per heavy atom. The average Bonchev–Trinajstić information content (AvgIpc) is 3.25. The van der Waals surface area contributed by atoms with Gasteiger partial charge in [-0.2, -0.15) is 0 Å². The van der Waals surface area contributed by atoms with E-state index in [-0.39, 0.29) is 11.8 Å². The predicted molar refractivity (Wildman–Crippen MR) is 104 cm³/mol. The van der Waals surface area contributed by atoms with E-state index < -0.39 is 0 Å². The molecule has 1 aromatic heterocycles. The van der Waals surface area contributed by atoms with Gasteiger partial charge in [0.25, 0.3) is 0 Å². The van der Waals surface area contributed by atoms with E-state index >= 15 is 0 Å². The Morgan fingerprint density at radius 2 is 2.04 bits per heavy atom. The number of nitrogens with zero attached hydrogens (tertiary/aromatic N) is 2. The Morgan fingerprint density at radius 1 is 1.19 bits per heavy atom. The van der Waals surface area contributed by atoms with Crippen molar-refractivity contribution in [3.05, 3.63) is 57.5 Å². The highest BCUT2D eigenvalue weighted by molar-refractivity contribution is 6.31. The fraction of sp³-hybridized carbons (Fsp3) is 0.350. The molecule has 7 heteroatoms. The molecule has 4 rings (SSSR count). The van der Waals surface area contributed by atoms with Crippen molar-refractivity contribution >= 4 is 22.7 Å². The van der Waals surface area contributed by atoms with Crippen molar-refractivity contribution in [3.8, 4) is 11.5 Å². The second-order valence-corrected chi connectivity index (χ2v) is 7.06. The van der Waals surface area contributed by atoms with Crippen molar-refractivity contribution in [1.82, 2.24) is 9.47 Å². The van der Waals surface area contributed by atoms with Gasteiger partial charge in [-0.15, -0.1) is 0 Å². The van der Waals surface area contributed by atoms with E-state index in [9.17, 15) is 4.79 Å². The SMILES string of the molecule is COc1ccc(C2CCCN2Cn2c(=O)oc3cc(Cl)ccc32)c(OC)c1. The number of fused-ring (bicyclic) bond motifs is 1. The number of rotatable bonds is 5. The summed E-state index contributed by atoms with van der Waals surface area (Å²) in [7, 11) is 3.30. The zero-order valence-electron chi connectivity index (χ0n) is 15.3. The summed E-state index contributed by atoms with van der Waals surface area (Å²) in [5.74, 6) is 1.18. The van der Waals surface area contributed by atoms with Gasteiger partial charge in [0.2, 0.25) is 0 Å². The van der Waals surface area contributed by atoms with Gasteiger partial charge in [0, 0.05) is 35.3 Å². The molecule has 0 aliphatic carbocycles. The fourth-order valence-corrected chi connectivity index (χ4v) is 3.96. The molecule has 1 aliphatic heterocycles. The molecule has 3 aromatic rings. The molecule has 6 nitrogen and oxygen atoms in total. The Balaban J connectivity index is 1.67. The number of halogens is 1. The molecular formula is C20H21ClN2O4. The first kappa shape index (κ1) is 17.9. The summed E-state index contributed by atoms with van der Waals surface area (Å²) in [5.41, 5.74) is 2.35. The van der Waals surface area contributed by atoms with Crippen LogP contribution in [-0.4, -0.2) is 30.2 Å². The average molecular weight is 389 g/mol. The van der Waals surface area contributed by atoms with Crippen LogP contribution in [0.3, 0.4) is 0 Å². The van der Waals surface area contributed by atoms with Crippen LogP contribution in [0.15, 0.2) is 45.6 Å². The number of hydrogen-bond donors (Lipinski definition) is 0. The topological polar surface area (TPSA) is 56.8 Å². The van der Waals surface area contributed by atoms with Crippen LogP contribution in [-0.2, 0) is 6.67 Å². The molecule has 1 fully saturated rings. The van der Waals surface area contributed by atoms with Gasteiger partial charge in [0.15, 0.2) is 5.58 Å². The third kappa shape index (κ3) is 3.31. The number of hydrogen-bond acceptors (Lipinski definition) is 5. The molecule has 0 N–H and O–H groups in total. The normalized spacial score (nSPS) is 17.5. The largest absolute Gasteiger partial charge is 0.497 e. The third-order valence-corrected chi connectivity index (χ3v) is 5.35. The summed E-state index contributed by atoms with van der Waals surface area (Å²) in [6.45, 7) is 1.35. The number of benzene rings is 2. The second kappa shape index (κ2) is 7.29. The summed E-state index contributed by atoms with van der Waals surface area (Å²) >= 11 is 6.01. The first-order chi connectivity index (χ1) is 13.1. The van der Waals surface area contributed by atoms with Gasteiger partial charge in [0.05, 0.1) is 26.4 Å². The standard InChI is InChI=1S/C20H21ClN2O4/c1-25-14-6-7-15(18(11-14)26-2)16-4-3-9-22(16)12-23-17-8-5-13(21)10-19(17)27-20(23)24/h5-8,10-11,16H,3-4,9,12H2,1-2H3. The van der Waals surface area contributed by atoms with Crippen molar-refractivity contribution < 1.29 is 13.9 Å². The summed E-state index contributed by atoms with van der Waals surface area (Å²) in [6.07, 6.45) is 2.05. The van der Waals surface area contributed by atoms with Gasteiger partial charge in [-0.1, -0.05) is 17.7 Å². The maximum absolute atomic E-state index is 12.4. The van der Waals surface area contributed by atoms with Crippen LogP contribution in [0.2, 0.25) is 5.02 Å². The summed E-state index contributed by atoms with van der Waals surface area (Å²) in [5, 5.41) is 0.547. The van der Waals surface area contributed by atoms with E-state index in [4.69, 9.17) is 25.5 Å². The van der Waals surface area contributed by atoms with Crippen molar-refractivity contribution in [2.75, 3.05) is 20.8 Å². The van der Waals surface area contributed by atoms with Gasteiger partial charge in [-0.05, 0) is 31.0 Å². The second-order valence-electron chi connectivity index (χ2n) is 6.63. The Hall–Kier alpha value is -2.44. The maximum atomic E-state index is 12.4. The van der Waals surface area contributed by atoms with Crippen molar-refractivity contribution in [3.63, 3.8) is 0 Å². The van der Waals surface area contributed by atoms with Crippen molar-refractivity contribution in [2.24, 2.45) is 0 Å². The number of oxazole rings is 1. The summed E-state index contributed by atoms with van der Waals surface area (Å²) < 4.78 is 17.9. The number of aromatic nitrogens is 1. The van der Waals surface area contributed by atoms with Gasteiger partial charge >= 0.3 is 5.76 Å². The van der Waals surface area contributed by atoms with E-state index in [1.165, 1.54) is 0 Å². The molecule has 0 bridgehead atoms. The van der Waals surface area contributed by atoms with Crippen LogP contribution < -0.4 is 15.2 Å². The first-order valence-electron chi connectivity index (χ1n) is 8.85. The number of likely N-dealkylation sites (tertiary alicyclic amines) is 1. The lowest BCUT2D eigenvalue weighted by atomic mass is 10.0. The Bertz CT molecular complexity index is 1030. The van der Waals surface area contributed by atoms with E-state index in [1.54, 1.807) is 30.9 Å². The van der Waals surface area contributed by atoms with Gasteiger partial charge in [-0.25, -0.2) is 4.79 Å². The highest BCUT2D eigenvalue weighted by atomic mass is 35.5. The van der Waals surface area contributed by atoms with Crippen LogP contribution in [0.25, 0.3) is 11.1 Å². The zero-order valence-corrected chi connectivity index (χ0v) is 16.0. The molecule has 1 aliphatic rings. The van der Waals surface area contributed by atoms with E-state index in [0.717, 1.165) is 42.0 Å². The van der Waals surface area contributed by atoms with Crippen LogP contribution in [0.4, 0.5) is 0 Å². The van der Waals surface area contributed by atoms with Crippen molar-refractivity contribution in [2.45, 2.75) is 25.6 Å². The van der Waals surface area contributed by atoms with E-state index in [2.05, 4.69) is 4.90 Å². The maximum Gasteiger partial charge on any atom is 0.421 e. The molecular weight excluding hydrogens is 368 g/mol. The lowest BCUT2D eigenvalue weighted by Crippen LogP contribution is -2.30. The minimum absolute atomic E-state index is 0.162. The monoisotopic (exact) mass is 388 g/mol. The molecule has 0 saturated carbocycles. The molecule has 142 valence electrons. The summed E-state index contributed by atoms with van der Waals surface area (Å²) in [6, 6.07) is 11.3. The molecule has 2 aromatic carbocycles. The molecule has 0 amide bonds. The molecule has 0 radical (unpaired) electrons. The molecule has 0 spiro atoms. The number of ether oxygens (including phenoxy) is 2. The summed E-state index contributed by atoms with van der Waals surface area (Å²) in [4.78, 5) is 14.6. The smallest absolute Gasteiger partial charge is 0.421 e. The van der Waals surface area contributed by atoms with Crippen LogP contribution >= 0.6 is 11.6 Å². The minimum Gasteiger partial charge on any atom is -0.497 e. The van der Waals surface area contributed by atoms with E-state index in [1.807, 2.05) is 24.3 Å². The van der Waals surface area contributed by atoms with Gasteiger partial charge < -0.3 is 13.9 Å². The van der Waals surface area contributed by atoms with Gasteiger partial charge in [0.1, 0.15) is 11.5 Å². The third-order valence-electron chi connectivity index (χ3n) is 5.12. The lowest BCUT2D eigenvalue weighted by molar-refractivity contribution is 0.194. The Kier molecular flexibility index (Phi) is 4.85. The van der Waals surface area contributed by atoms with Crippen LogP contribution in [0.1, 0.15) is 24.4 Å². The highest BCUT2D eigenvalue weighted by Crippen LogP contribution is 2.39. The lowest BCUT2D eigenvalue weighted by Gasteiger charge is -2.26. The predicted octanol–water partition coefficient (Wildman–Crippen LogP) is 4.06. The minimum atomic E-state index is -0.375. The molecule has 1 saturated heterocycles. The van der Waals surface area contributed by atoms with Crippen LogP contribution in [0, 0.1) is 0 Å².